The molecule has 0 aromatic heterocycles. The maximum atomic E-state index is 13.2. The van der Waals surface area contributed by atoms with Gasteiger partial charge < -0.3 is 15.0 Å². The van der Waals surface area contributed by atoms with Gasteiger partial charge in [0.25, 0.3) is 0 Å². The average Bonchev–Trinajstić information content (AvgIpc) is 2.67. The molecule has 0 heterocycles. The number of methoxy groups -OCH3 is 1. The standard InChI is InChI=1S/C22H27FN2O3/c1-15(2)24-22(27)16(3)25(14-18-5-9-19(23)10-6-18)21(26)13-17-7-11-20(28-4)12-8-17/h5-12,15-16H,13-14H2,1-4H3,(H,24,27)/t16-/m0/s1. The van der Waals surface area contributed by atoms with Crippen LogP contribution in [0, 0.1) is 5.82 Å². The van der Waals surface area contributed by atoms with Gasteiger partial charge in [0, 0.05) is 12.6 Å². The number of hydrogen-bond donors (Lipinski definition) is 1. The van der Waals surface area contributed by atoms with Crippen molar-refractivity contribution in [2.24, 2.45) is 0 Å². The number of benzene rings is 2. The van der Waals surface area contributed by atoms with E-state index in [1.807, 2.05) is 26.0 Å². The Labute approximate surface area is 165 Å². The Bertz CT molecular complexity index is 788. The van der Waals surface area contributed by atoms with Gasteiger partial charge in [0.1, 0.15) is 17.6 Å². The highest BCUT2D eigenvalue weighted by Crippen LogP contribution is 2.16. The number of carbonyl (C=O) groups is 2. The Balaban J connectivity index is 2.20. The van der Waals surface area contributed by atoms with Crippen molar-refractivity contribution in [1.29, 1.82) is 0 Å². The first-order chi connectivity index (χ1) is 13.3. The lowest BCUT2D eigenvalue weighted by Crippen LogP contribution is -2.49. The van der Waals surface area contributed by atoms with Gasteiger partial charge in [0.05, 0.1) is 13.5 Å². The number of amides is 2. The lowest BCUT2D eigenvalue weighted by atomic mass is 10.1. The van der Waals surface area contributed by atoms with Gasteiger partial charge in [-0.2, -0.15) is 0 Å². The maximum absolute atomic E-state index is 13.2. The monoisotopic (exact) mass is 386 g/mol. The smallest absolute Gasteiger partial charge is 0.242 e. The van der Waals surface area contributed by atoms with Crippen molar-refractivity contribution in [1.82, 2.24) is 10.2 Å². The van der Waals surface area contributed by atoms with Crippen molar-refractivity contribution in [3.63, 3.8) is 0 Å². The molecule has 6 heteroatoms. The molecule has 2 rings (SSSR count). The molecule has 0 aliphatic carbocycles. The van der Waals surface area contributed by atoms with E-state index in [9.17, 15) is 14.0 Å². The first-order valence-electron chi connectivity index (χ1n) is 9.27. The van der Waals surface area contributed by atoms with Crippen LogP contribution in [0.3, 0.4) is 0 Å². The van der Waals surface area contributed by atoms with Crippen molar-refractivity contribution in [3.8, 4) is 5.75 Å². The number of nitrogens with one attached hydrogen (secondary N) is 1. The van der Waals surface area contributed by atoms with Crippen LogP contribution in [0.25, 0.3) is 0 Å². The van der Waals surface area contributed by atoms with Gasteiger partial charge in [-0.3, -0.25) is 9.59 Å². The summed E-state index contributed by atoms with van der Waals surface area (Å²) in [6.07, 6.45) is 0.157. The van der Waals surface area contributed by atoms with Gasteiger partial charge in [-0.05, 0) is 56.2 Å². The molecule has 0 unspecified atom stereocenters. The summed E-state index contributed by atoms with van der Waals surface area (Å²) in [6, 6.07) is 12.5. The van der Waals surface area contributed by atoms with Crippen LogP contribution in [0.1, 0.15) is 31.9 Å². The van der Waals surface area contributed by atoms with E-state index < -0.39 is 6.04 Å². The first-order valence-corrected chi connectivity index (χ1v) is 9.27. The molecule has 150 valence electrons. The van der Waals surface area contributed by atoms with Gasteiger partial charge >= 0.3 is 0 Å². The summed E-state index contributed by atoms with van der Waals surface area (Å²) in [5.74, 6) is -0.0319. The summed E-state index contributed by atoms with van der Waals surface area (Å²) in [6.45, 7) is 5.66. The Morgan fingerprint density at radius 3 is 2.11 bits per heavy atom. The molecule has 0 bridgehead atoms. The Hall–Kier alpha value is -2.89. The van der Waals surface area contributed by atoms with E-state index in [1.54, 1.807) is 38.3 Å². The lowest BCUT2D eigenvalue weighted by Gasteiger charge is -2.29. The number of nitrogens with zero attached hydrogens (tertiary/aromatic N) is 1. The number of carbonyl (C=O) groups excluding carboxylic acids is 2. The van der Waals surface area contributed by atoms with Crippen LogP contribution >= 0.6 is 0 Å². The highest BCUT2D eigenvalue weighted by Gasteiger charge is 2.26. The van der Waals surface area contributed by atoms with Gasteiger partial charge in [-0.25, -0.2) is 4.39 Å². The average molecular weight is 386 g/mol. The summed E-state index contributed by atoms with van der Waals surface area (Å²) in [4.78, 5) is 27.0. The molecule has 5 nitrogen and oxygen atoms in total. The number of halogens is 1. The first kappa shape index (κ1) is 21.4. The highest BCUT2D eigenvalue weighted by molar-refractivity contribution is 5.88. The lowest BCUT2D eigenvalue weighted by molar-refractivity contribution is -0.140. The van der Waals surface area contributed by atoms with E-state index in [0.717, 1.165) is 11.1 Å². The normalized spacial score (nSPS) is 11.8. The molecule has 2 amide bonds. The zero-order valence-electron chi connectivity index (χ0n) is 16.7. The van der Waals surface area contributed by atoms with Crippen molar-refractivity contribution < 1.29 is 18.7 Å². The minimum absolute atomic E-state index is 0.0284. The van der Waals surface area contributed by atoms with Gasteiger partial charge in [-0.1, -0.05) is 24.3 Å². The molecule has 0 spiro atoms. The van der Waals surface area contributed by atoms with E-state index in [1.165, 1.54) is 17.0 Å². The fraction of sp³-hybridized carbons (Fsp3) is 0.364. The third-order valence-corrected chi connectivity index (χ3v) is 4.38. The second-order valence-corrected chi connectivity index (χ2v) is 7.01. The second-order valence-electron chi connectivity index (χ2n) is 7.01. The molecule has 1 N–H and O–H groups in total. The minimum atomic E-state index is -0.654. The maximum Gasteiger partial charge on any atom is 0.242 e. The zero-order chi connectivity index (χ0) is 20.7. The minimum Gasteiger partial charge on any atom is -0.497 e. The van der Waals surface area contributed by atoms with Crippen molar-refractivity contribution >= 4 is 11.8 Å². The number of ether oxygens (including phenoxy) is 1. The predicted octanol–water partition coefficient (Wildman–Crippen LogP) is 3.32. The van der Waals surface area contributed by atoms with Crippen LogP contribution < -0.4 is 10.1 Å². The van der Waals surface area contributed by atoms with E-state index in [0.29, 0.717) is 5.75 Å². The van der Waals surface area contributed by atoms with E-state index in [2.05, 4.69) is 5.32 Å². The SMILES string of the molecule is COc1ccc(CC(=O)N(Cc2ccc(F)cc2)[C@@H](C)C(=O)NC(C)C)cc1. The van der Waals surface area contributed by atoms with Crippen LogP contribution in [0.5, 0.6) is 5.75 Å². The van der Waals surface area contributed by atoms with Gasteiger partial charge in [0.15, 0.2) is 0 Å². The summed E-state index contributed by atoms with van der Waals surface area (Å²) in [7, 11) is 1.58. The Morgan fingerprint density at radius 1 is 1.00 bits per heavy atom. The molecule has 0 saturated heterocycles. The molecule has 0 aliphatic heterocycles. The predicted molar refractivity (Wildman–Crippen MR) is 106 cm³/mol. The molecular weight excluding hydrogens is 359 g/mol. The van der Waals surface area contributed by atoms with Crippen molar-refractivity contribution in [2.75, 3.05) is 7.11 Å². The highest BCUT2D eigenvalue weighted by atomic mass is 19.1. The van der Waals surface area contributed by atoms with E-state index in [4.69, 9.17) is 4.74 Å². The fourth-order valence-corrected chi connectivity index (χ4v) is 2.79. The van der Waals surface area contributed by atoms with Crippen LogP contribution in [-0.2, 0) is 22.6 Å². The van der Waals surface area contributed by atoms with Gasteiger partial charge in [0.2, 0.25) is 11.8 Å². The molecule has 0 fully saturated rings. The summed E-state index contributed by atoms with van der Waals surface area (Å²) in [5.41, 5.74) is 1.58. The molecule has 0 radical (unpaired) electrons. The van der Waals surface area contributed by atoms with E-state index >= 15 is 0 Å². The quantitative estimate of drug-likeness (QED) is 0.757. The van der Waals surface area contributed by atoms with Crippen LogP contribution in [0.15, 0.2) is 48.5 Å². The van der Waals surface area contributed by atoms with Gasteiger partial charge in [-0.15, -0.1) is 0 Å². The third-order valence-electron chi connectivity index (χ3n) is 4.38. The Kier molecular flexibility index (Phi) is 7.55. The fourth-order valence-electron chi connectivity index (χ4n) is 2.79. The topological polar surface area (TPSA) is 58.6 Å². The molecular formula is C22H27FN2O3. The summed E-state index contributed by atoms with van der Waals surface area (Å²) < 4.78 is 18.3. The van der Waals surface area contributed by atoms with E-state index in [-0.39, 0.29) is 36.6 Å². The summed E-state index contributed by atoms with van der Waals surface area (Å²) in [5, 5.41) is 2.84. The molecule has 0 saturated carbocycles. The van der Waals surface area contributed by atoms with Crippen molar-refractivity contribution in [3.05, 3.63) is 65.5 Å². The zero-order valence-corrected chi connectivity index (χ0v) is 16.7. The molecule has 1 atom stereocenters. The molecule has 2 aromatic carbocycles. The van der Waals surface area contributed by atoms with Crippen LogP contribution in [-0.4, -0.2) is 35.9 Å². The Morgan fingerprint density at radius 2 is 1.57 bits per heavy atom. The molecule has 28 heavy (non-hydrogen) atoms. The number of hydrogen-bond acceptors (Lipinski definition) is 3. The van der Waals surface area contributed by atoms with Crippen LogP contribution in [0.4, 0.5) is 4.39 Å². The summed E-state index contributed by atoms with van der Waals surface area (Å²) >= 11 is 0. The largest absolute Gasteiger partial charge is 0.497 e. The molecule has 2 aromatic rings. The third kappa shape index (κ3) is 6.08. The second kappa shape index (κ2) is 9.88. The van der Waals surface area contributed by atoms with Crippen molar-refractivity contribution in [2.45, 2.75) is 45.8 Å². The van der Waals surface area contributed by atoms with Crippen LogP contribution in [0.2, 0.25) is 0 Å². The molecule has 0 aliphatic rings. The number of rotatable bonds is 8.